The van der Waals surface area contributed by atoms with Crippen LogP contribution in [-0.2, 0) is 0 Å². The fourth-order valence-corrected chi connectivity index (χ4v) is 1.96. The molecule has 0 amide bonds. The van der Waals surface area contributed by atoms with Crippen LogP contribution in [0.2, 0.25) is 0 Å². The summed E-state index contributed by atoms with van der Waals surface area (Å²) in [5.74, 6) is 0.906. The average Bonchev–Trinajstić information content (AvgIpc) is 2.48. The molecule has 0 aliphatic carbocycles. The van der Waals surface area contributed by atoms with E-state index >= 15 is 0 Å². The molecule has 2 N–H and O–H groups in total. The van der Waals surface area contributed by atoms with Crippen LogP contribution in [0.4, 0.5) is 5.69 Å². The van der Waals surface area contributed by atoms with Gasteiger partial charge in [0.05, 0.1) is 6.54 Å². The average molecular weight is 256 g/mol. The van der Waals surface area contributed by atoms with Crippen LogP contribution in [0.5, 0.6) is 5.75 Å². The molecule has 3 nitrogen and oxygen atoms in total. The van der Waals surface area contributed by atoms with E-state index in [2.05, 4.69) is 17.0 Å². The molecular weight excluding hydrogens is 236 g/mol. The third-order valence-corrected chi connectivity index (χ3v) is 2.89. The molecule has 0 fully saturated rings. The summed E-state index contributed by atoms with van der Waals surface area (Å²) >= 11 is 0. The van der Waals surface area contributed by atoms with Gasteiger partial charge >= 0.3 is 0 Å². The number of hydrogen-bond donors (Lipinski definition) is 1. The van der Waals surface area contributed by atoms with E-state index < -0.39 is 0 Å². The Kier molecular flexibility index (Phi) is 5.26. The van der Waals surface area contributed by atoms with Crippen LogP contribution in [0.3, 0.4) is 0 Å². The van der Waals surface area contributed by atoms with Gasteiger partial charge < -0.3 is 15.4 Å². The molecule has 19 heavy (non-hydrogen) atoms. The van der Waals surface area contributed by atoms with Crippen LogP contribution in [0.25, 0.3) is 0 Å². The number of benzene rings is 2. The Morgan fingerprint density at radius 1 is 0.842 bits per heavy atom. The molecule has 0 unspecified atom stereocenters. The maximum absolute atomic E-state index is 5.72. The molecule has 2 aromatic carbocycles. The third kappa shape index (κ3) is 4.30. The first kappa shape index (κ1) is 13.4. The van der Waals surface area contributed by atoms with E-state index in [4.69, 9.17) is 10.5 Å². The molecule has 0 aliphatic heterocycles. The van der Waals surface area contributed by atoms with E-state index in [-0.39, 0.29) is 0 Å². The lowest BCUT2D eigenvalue weighted by Crippen LogP contribution is -2.33. The topological polar surface area (TPSA) is 38.5 Å². The monoisotopic (exact) mass is 256 g/mol. The lowest BCUT2D eigenvalue weighted by molar-refractivity contribution is 0.324. The maximum atomic E-state index is 5.72. The van der Waals surface area contributed by atoms with Crippen molar-refractivity contribution >= 4 is 5.69 Å². The Balaban J connectivity index is 1.87. The highest BCUT2D eigenvalue weighted by Gasteiger charge is 2.04. The van der Waals surface area contributed by atoms with Crippen molar-refractivity contribution in [2.24, 2.45) is 5.73 Å². The summed E-state index contributed by atoms with van der Waals surface area (Å²) in [6.07, 6.45) is 0. The number of nitrogens with zero attached hydrogens (tertiary/aromatic N) is 1. The van der Waals surface area contributed by atoms with Gasteiger partial charge in [0.15, 0.2) is 0 Å². The molecule has 0 bridgehead atoms. The van der Waals surface area contributed by atoms with Gasteiger partial charge in [0.1, 0.15) is 12.4 Å². The molecule has 0 saturated heterocycles. The first-order valence-electron chi connectivity index (χ1n) is 6.58. The van der Waals surface area contributed by atoms with Gasteiger partial charge in [-0.05, 0) is 24.3 Å². The maximum Gasteiger partial charge on any atom is 0.119 e. The SMILES string of the molecule is NCCN(CCOc1ccccc1)c1ccccc1. The molecule has 0 atom stereocenters. The summed E-state index contributed by atoms with van der Waals surface area (Å²) in [7, 11) is 0. The summed E-state index contributed by atoms with van der Waals surface area (Å²) in [6.45, 7) is 2.96. The van der Waals surface area contributed by atoms with Crippen LogP contribution in [0.1, 0.15) is 0 Å². The minimum atomic E-state index is 0.639. The Morgan fingerprint density at radius 3 is 2.11 bits per heavy atom. The van der Waals surface area contributed by atoms with E-state index in [1.807, 2.05) is 48.5 Å². The zero-order chi connectivity index (χ0) is 13.3. The van der Waals surface area contributed by atoms with Gasteiger partial charge in [0.25, 0.3) is 0 Å². The minimum Gasteiger partial charge on any atom is -0.492 e. The molecule has 0 heterocycles. The van der Waals surface area contributed by atoms with Gasteiger partial charge in [0.2, 0.25) is 0 Å². The lowest BCUT2D eigenvalue weighted by atomic mass is 10.3. The van der Waals surface area contributed by atoms with Crippen LogP contribution in [0, 0.1) is 0 Å². The molecule has 100 valence electrons. The predicted octanol–water partition coefficient (Wildman–Crippen LogP) is 2.53. The van der Waals surface area contributed by atoms with E-state index in [1.165, 1.54) is 5.69 Å². The van der Waals surface area contributed by atoms with Crippen molar-refractivity contribution in [1.82, 2.24) is 0 Å². The van der Waals surface area contributed by atoms with Crippen molar-refractivity contribution in [2.45, 2.75) is 0 Å². The second kappa shape index (κ2) is 7.44. The van der Waals surface area contributed by atoms with Gasteiger partial charge in [-0.25, -0.2) is 0 Å². The van der Waals surface area contributed by atoms with Crippen molar-refractivity contribution in [3.63, 3.8) is 0 Å². The van der Waals surface area contributed by atoms with Crippen LogP contribution >= 0.6 is 0 Å². The van der Waals surface area contributed by atoms with E-state index in [9.17, 15) is 0 Å². The summed E-state index contributed by atoms with van der Waals surface area (Å²) in [5.41, 5.74) is 6.85. The number of nitrogens with two attached hydrogens (primary N) is 1. The first-order chi connectivity index (χ1) is 9.40. The highest BCUT2D eigenvalue weighted by atomic mass is 16.5. The highest BCUT2D eigenvalue weighted by Crippen LogP contribution is 2.13. The van der Waals surface area contributed by atoms with E-state index in [0.29, 0.717) is 13.2 Å². The quantitative estimate of drug-likeness (QED) is 0.827. The Labute approximate surface area is 114 Å². The Morgan fingerprint density at radius 2 is 1.47 bits per heavy atom. The molecule has 0 saturated carbocycles. The number of rotatable bonds is 7. The Hall–Kier alpha value is -2.00. The molecule has 0 radical (unpaired) electrons. The fourth-order valence-electron chi connectivity index (χ4n) is 1.96. The van der Waals surface area contributed by atoms with Crippen molar-refractivity contribution in [3.8, 4) is 5.75 Å². The molecule has 3 heteroatoms. The van der Waals surface area contributed by atoms with Gasteiger partial charge in [0, 0.05) is 18.8 Å². The smallest absolute Gasteiger partial charge is 0.119 e. The summed E-state index contributed by atoms with van der Waals surface area (Å²) in [4.78, 5) is 2.24. The Bertz CT molecular complexity index is 459. The highest BCUT2D eigenvalue weighted by molar-refractivity contribution is 5.45. The normalized spacial score (nSPS) is 10.2. The molecule has 2 aromatic rings. The van der Waals surface area contributed by atoms with E-state index in [1.54, 1.807) is 0 Å². The fraction of sp³-hybridized carbons (Fsp3) is 0.250. The van der Waals surface area contributed by atoms with Gasteiger partial charge in [-0.2, -0.15) is 0 Å². The van der Waals surface area contributed by atoms with Gasteiger partial charge in [-0.1, -0.05) is 36.4 Å². The standard InChI is InChI=1S/C16H20N2O/c17-11-12-18(15-7-3-1-4-8-15)13-14-19-16-9-5-2-6-10-16/h1-10H,11-14,17H2. The second-order valence-corrected chi connectivity index (χ2v) is 4.27. The van der Waals surface area contributed by atoms with Crippen molar-refractivity contribution in [3.05, 3.63) is 60.7 Å². The van der Waals surface area contributed by atoms with Crippen LogP contribution < -0.4 is 15.4 Å². The first-order valence-corrected chi connectivity index (χ1v) is 6.58. The number of para-hydroxylation sites is 2. The largest absolute Gasteiger partial charge is 0.492 e. The van der Waals surface area contributed by atoms with Crippen molar-refractivity contribution in [1.29, 1.82) is 0 Å². The molecular formula is C16H20N2O. The lowest BCUT2D eigenvalue weighted by Gasteiger charge is -2.24. The minimum absolute atomic E-state index is 0.639. The molecule has 2 rings (SSSR count). The van der Waals surface area contributed by atoms with Crippen LogP contribution in [0.15, 0.2) is 60.7 Å². The zero-order valence-corrected chi connectivity index (χ0v) is 11.0. The third-order valence-electron chi connectivity index (χ3n) is 2.89. The summed E-state index contributed by atoms with van der Waals surface area (Å²) in [6, 6.07) is 20.2. The predicted molar refractivity (Wildman–Crippen MR) is 79.6 cm³/mol. The van der Waals surface area contributed by atoms with E-state index in [0.717, 1.165) is 18.8 Å². The van der Waals surface area contributed by atoms with Gasteiger partial charge in [-0.3, -0.25) is 0 Å². The second-order valence-electron chi connectivity index (χ2n) is 4.27. The summed E-state index contributed by atoms with van der Waals surface area (Å²) < 4.78 is 5.72. The molecule has 0 aromatic heterocycles. The number of hydrogen-bond acceptors (Lipinski definition) is 3. The van der Waals surface area contributed by atoms with Crippen LogP contribution in [-0.4, -0.2) is 26.2 Å². The van der Waals surface area contributed by atoms with Crippen molar-refractivity contribution < 1.29 is 4.74 Å². The molecule has 0 aliphatic rings. The summed E-state index contributed by atoms with van der Waals surface area (Å²) in [5, 5.41) is 0. The molecule has 0 spiro atoms. The van der Waals surface area contributed by atoms with Gasteiger partial charge in [-0.15, -0.1) is 0 Å². The number of ether oxygens (including phenoxy) is 1. The zero-order valence-electron chi connectivity index (χ0n) is 11.0. The number of anilines is 1. The van der Waals surface area contributed by atoms with Crippen molar-refractivity contribution in [2.75, 3.05) is 31.1 Å².